The Balaban J connectivity index is 2.52. The summed E-state index contributed by atoms with van der Waals surface area (Å²) in [6.45, 7) is 4.53. The third kappa shape index (κ3) is 3.05. The van der Waals surface area contributed by atoms with Gasteiger partial charge in [0.1, 0.15) is 0 Å². The first-order chi connectivity index (χ1) is 5.68. The molecular weight excluding hydrogens is 174 g/mol. The highest BCUT2D eigenvalue weighted by atomic mass is 35.5. The Hall–Kier alpha value is -0.830. The van der Waals surface area contributed by atoms with Crippen molar-refractivity contribution in [3.63, 3.8) is 0 Å². The number of hydrogen-bond acceptors (Lipinski definition) is 3. The number of anilines is 1. The second-order valence-corrected chi connectivity index (χ2v) is 3.43. The van der Waals surface area contributed by atoms with E-state index in [0.29, 0.717) is 12.5 Å². The third-order valence-electron chi connectivity index (χ3n) is 1.34. The summed E-state index contributed by atoms with van der Waals surface area (Å²) in [6, 6.07) is 1.86. The average Bonchev–Trinajstić information content (AvgIpc) is 2.01. The van der Waals surface area contributed by atoms with Gasteiger partial charge in [0.15, 0.2) is 0 Å². The van der Waals surface area contributed by atoms with Crippen LogP contribution in [0.1, 0.15) is 12.6 Å². The van der Waals surface area contributed by atoms with Crippen LogP contribution in [0.3, 0.4) is 0 Å². The van der Waals surface area contributed by atoms with E-state index in [4.69, 9.17) is 11.6 Å². The summed E-state index contributed by atoms with van der Waals surface area (Å²) < 4.78 is 0. The molecule has 0 bridgehead atoms. The van der Waals surface area contributed by atoms with Gasteiger partial charge in [-0.1, -0.05) is 0 Å². The van der Waals surface area contributed by atoms with Crippen molar-refractivity contribution in [2.75, 3.05) is 11.9 Å². The lowest BCUT2D eigenvalue weighted by molar-refractivity contribution is 0.953. The zero-order valence-corrected chi connectivity index (χ0v) is 7.97. The van der Waals surface area contributed by atoms with Crippen LogP contribution >= 0.6 is 11.6 Å². The molecule has 1 aromatic heterocycles. The van der Waals surface area contributed by atoms with Gasteiger partial charge in [0.05, 0.1) is 0 Å². The molecule has 3 nitrogen and oxygen atoms in total. The maximum Gasteiger partial charge on any atom is 0.222 e. The van der Waals surface area contributed by atoms with Gasteiger partial charge in [-0.3, -0.25) is 0 Å². The van der Waals surface area contributed by atoms with Crippen molar-refractivity contribution in [3.05, 3.63) is 18.0 Å². The third-order valence-corrected chi connectivity index (χ3v) is 1.49. The lowest BCUT2D eigenvalue weighted by Crippen LogP contribution is -2.12. The van der Waals surface area contributed by atoms with Crippen LogP contribution in [0.4, 0.5) is 5.95 Å². The van der Waals surface area contributed by atoms with Crippen LogP contribution in [0.25, 0.3) is 0 Å². The molecule has 0 radical (unpaired) electrons. The summed E-state index contributed by atoms with van der Waals surface area (Å²) in [4.78, 5) is 8.19. The first-order valence-corrected chi connectivity index (χ1v) is 4.29. The lowest BCUT2D eigenvalue weighted by Gasteiger charge is -2.05. The van der Waals surface area contributed by atoms with Gasteiger partial charge in [0.2, 0.25) is 5.95 Å². The zero-order valence-electron chi connectivity index (χ0n) is 7.21. The Bertz CT molecular complexity index is 250. The zero-order chi connectivity index (χ0) is 8.97. The fourth-order valence-electron chi connectivity index (χ4n) is 0.766. The van der Waals surface area contributed by atoms with Gasteiger partial charge in [0, 0.05) is 23.8 Å². The molecule has 1 atom stereocenters. The Labute approximate surface area is 77.2 Å². The van der Waals surface area contributed by atoms with Gasteiger partial charge in [-0.2, -0.15) is 0 Å². The van der Waals surface area contributed by atoms with E-state index in [0.717, 1.165) is 5.69 Å². The van der Waals surface area contributed by atoms with E-state index in [1.165, 1.54) is 0 Å². The smallest absolute Gasteiger partial charge is 0.222 e. The van der Waals surface area contributed by atoms with Crippen LogP contribution in [0.2, 0.25) is 0 Å². The van der Waals surface area contributed by atoms with E-state index in [-0.39, 0.29) is 5.38 Å². The molecule has 1 unspecified atom stereocenters. The first-order valence-electron chi connectivity index (χ1n) is 3.86. The van der Waals surface area contributed by atoms with Crippen LogP contribution in [-0.4, -0.2) is 21.9 Å². The highest BCUT2D eigenvalue weighted by Crippen LogP contribution is 2.00. The molecule has 0 aromatic carbocycles. The second kappa shape index (κ2) is 4.26. The standard InChI is InChI=1S/C8H12ClN3/c1-6(9)5-11-8-10-4-3-7(2)12-8/h3-4,6H,5H2,1-2H3,(H,10,11,12). The summed E-state index contributed by atoms with van der Waals surface area (Å²) in [5.41, 5.74) is 0.953. The van der Waals surface area contributed by atoms with Gasteiger partial charge in [-0.05, 0) is 19.9 Å². The normalized spacial score (nSPS) is 12.6. The largest absolute Gasteiger partial charge is 0.353 e. The minimum atomic E-state index is 0.0918. The Morgan fingerprint density at radius 1 is 1.67 bits per heavy atom. The molecular formula is C8H12ClN3. The summed E-state index contributed by atoms with van der Waals surface area (Å²) >= 11 is 5.75. The molecule has 0 spiro atoms. The topological polar surface area (TPSA) is 37.8 Å². The second-order valence-electron chi connectivity index (χ2n) is 2.68. The summed E-state index contributed by atoms with van der Waals surface area (Å²) in [5, 5.41) is 3.12. The molecule has 0 amide bonds. The highest BCUT2D eigenvalue weighted by Gasteiger charge is 1.97. The van der Waals surface area contributed by atoms with Crippen LogP contribution in [0, 0.1) is 6.92 Å². The van der Waals surface area contributed by atoms with E-state index < -0.39 is 0 Å². The molecule has 0 fully saturated rings. The molecule has 1 rings (SSSR count). The monoisotopic (exact) mass is 185 g/mol. The number of halogens is 1. The summed E-state index contributed by atoms with van der Waals surface area (Å²) in [6.07, 6.45) is 1.73. The maximum absolute atomic E-state index is 5.75. The molecule has 1 heterocycles. The molecule has 0 aliphatic rings. The number of nitrogens with one attached hydrogen (secondary N) is 1. The Morgan fingerprint density at radius 3 is 3.00 bits per heavy atom. The number of aromatic nitrogens is 2. The van der Waals surface area contributed by atoms with E-state index >= 15 is 0 Å². The number of rotatable bonds is 3. The predicted octanol–water partition coefficient (Wildman–Crippen LogP) is 1.82. The predicted molar refractivity (Wildman–Crippen MR) is 50.6 cm³/mol. The Morgan fingerprint density at radius 2 is 2.42 bits per heavy atom. The number of nitrogens with zero attached hydrogens (tertiary/aromatic N) is 2. The molecule has 1 N–H and O–H groups in total. The molecule has 0 saturated heterocycles. The number of hydrogen-bond donors (Lipinski definition) is 1. The van der Waals surface area contributed by atoms with Crippen molar-refractivity contribution in [2.45, 2.75) is 19.2 Å². The summed E-state index contributed by atoms with van der Waals surface area (Å²) in [5.74, 6) is 0.641. The van der Waals surface area contributed by atoms with Gasteiger partial charge >= 0.3 is 0 Å². The Kier molecular flexibility index (Phi) is 3.29. The molecule has 66 valence electrons. The van der Waals surface area contributed by atoms with Gasteiger partial charge < -0.3 is 5.32 Å². The summed E-state index contributed by atoms with van der Waals surface area (Å²) in [7, 11) is 0. The van der Waals surface area contributed by atoms with Crippen molar-refractivity contribution < 1.29 is 0 Å². The lowest BCUT2D eigenvalue weighted by atomic mass is 10.4. The minimum Gasteiger partial charge on any atom is -0.353 e. The molecule has 4 heteroatoms. The number of alkyl halides is 1. The van der Waals surface area contributed by atoms with Gasteiger partial charge in [-0.15, -0.1) is 11.6 Å². The van der Waals surface area contributed by atoms with Crippen molar-refractivity contribution >= 4 is 17.5 Å². The fraction of sp³-hybridized carbons (Fsp3) is 0.500. The fourth-order valence-corrected chi connectivity index (χ4v) is 0.843. The molecule has 0 saturated carbocycles. The SMILES string of the molecule is Cc1ccnc(NCC(C)Cl)n1. The van der Waals surface area contributed by atoms with Crippen molar-refractivity contribution in [3.8, 4) is 0 Å². The number of aryl methyl sites for hydroxylation is 1. The van der Waals surface area contributed by atoms with Gasteiger partial charge in [-0.25, -0.2) is 9.97 Å². The van der Waals surface area contributed by atoms with Crippen LogP contribution in [0.5, 0.6) is 0 Å². The maximum atomic E-state index is 5.75. The van der Waals surface area contributed by atoms with Crippen molar-refractivity contribution in [1.29, 1.82) is 0 Å². The van der Waals surface area contributed by atoms with E-state index in [2.05, 4.69) is 15.3 Å². The van der Waals surface area contributed by atoms with Crippen molar-refractivity contribution in [2.24, 2.45) is 0 Å². The minimum absolute atomic E-state index is 0.0918. The molecule has 0 aliphatic carbocycles. The first kappa shape index (κ1) is 9.26. The van der Waals surface area contributed by atoms with Crippen LogP contribution in [0.15, 0.2) is 12.3 Å². The van der Waals surface area contributed by atoms with E-state index in [1.807, 2.05) is 19.9 Å². The van der Waals surface area contributed by atoms with Crippen molar-refractivity contribution in [1.82, 2.24) is 9.97 Å². The molecule has 1 aromatic rings. The highest BCUT2D eigenvalue weighted by molar-refractivity contribution is 6.20. The quantitative estimate of drug-likeness (QED) is 0.731. The van der Waals surface area contributed by atoms with Gasteiger partial charge in [0.25, 0.3) is 0 Å². The van der Waals surface area contributed by atoms with E-state index in [9.17, 15) is 0 Å². The average molecular weight is 186 g/mol. The molecule has 12 heavy (non-hydrogen) atoms. The van der Waals surface area contributed by atoms with Crippen LogP contribution in [-0.2, 0) is 0 Å². The molecule has 0 aliphatic heterocycles. The van der Waals surface area contributed by atoms with E-state index in [1.54, 1.807) is 6.20 Å². The van der Waals surface area contributed by atoms with Crippen LogP contribution < -0.4 is 5.32 Å².